The summed E-state index contributed by atoms with van der Waals surface area (Å²) in [6, 6.07) is 5.11. The van der Waals surface area contributed by atoms with E-state index in [-0.39, 0.29) is 36.5 Å². The molecule has 1 saturated carbocycles. The summed E-state index contributed by atoms with van der Waals surface area (Å²) in [6.07, 6.45) is 6.85. The van der Waals surface area contributed by atoms with E-state index < -0.39 is 0 Å². The molecule has 2 heterocycles. The first-order valence-corrected chi connectivity index (χ1v) is 11.4. The van der Waals surface area contributed by atoms with Crippen LogP contribution in [0.4, 0.5) is 5.95 Å². The molecular formula is C23H30N4O5. The lowest BCUT2D eigenvalue weighted by Gasteiger charge is -2.29. The van der Waals surface area contributed by atoms with E-state index in [0.717, 1.165) is 12.8 Å². The number of hydrogen-bond donors (Lipinski definition) is 2. The summed E-state index contributed by atoms with van der Waals surface area (Å²) >= 11 is 0. The number of aromatic nitrogens is 2. The Bertz CT molecular complexity index is 1040. The van der Waals surface area contributed by atoms with Gasteiger partial charge in [-0.1, -0.05) is 25.3 Å². The van der Waals surface area contributed by atoms with Crippen LogP contribution in [0.1, 0.15) is 44.9 Å². The number of benzene rings is 1. The molecule has 1 aliphatic carbocycles. The fraction of sp³-hybridized carbons (Fsp3) is 0.565. The minimum atomic E-state index is -0.286. The van der Waals surface area contributed by atoms with Crippen LogP contribution in [0, 0.1) is 5.92 Å². The highest BCUT2D eigenvalue weighted by Crippen LogP contribution is 2.26. The zero-order chi connectivity index (χ0) is 22.5. The maximum absolute atomic E-state index is 12.7. The third-order valence-corrected chi connectivity index (χ3v) is 6.22. The van der Waals surface area contributed by atoms with Crippen molar-refractivity contribution in [1.29, 1.82) is 0 Å². The highest BCUT2D eigenvalue weighted by atomic mass is 16.5. The lowest BCUT2D eigenvalue weighted by atomic mass is 9.89. The number of amides is 2. The van der Waals surface area contributed by atoms with Crippen LogP contribution in [0.5, 0.6) is 5.75 Å². The van der Waals surface area contributed by atoms with Gasteiger partial charge >= 0.3 is 0 Å². The fourth-order valence-electron chi connectivity index (χ4n) is 4.57. The quantitative estimate of drug-likeness (QED) is 0.574. The van der Waals surface area contributed by atoms with Gasteiger partial charge in [-0.2, -0.15) is 0 Å². The molecule has 172 valence electrons. The summed E-state index contributed by atoms with van der Waals surface area (Å²) in [5, 5.41) is 12.3. The van der Waals surface area contributed by atoms with Gasteiger partial charge in [0.1, 0.15) is 17.8 Å². The van der Waals surface area contributed by atoms with Gasteiger partial charge in [0.15, 0.2) is 0 Å². The van der Waals surface area contributed by atoms with Crippen LogP contribution in [0.3, 0.4) is 0 Å². The van der Waals surface area contributed by atoms with Gasteiger partial charge < -0.3 is 14.7 Å². The average Bonchev–Trinajstić information content (AvgIpc) is 3.18. The highest BCUT2D eigenvalue weighted by Gasteiger charge is 2.23. The first-order chi connectivity index (χ1) is 15.6. The van der Waals surface area contributed by atoms with Crippen molar-refractivity contribution in [1.82, 2.24) is 14.5 Å². The van der Waals surface area contributed by atoms with E-state index in [0.29, 0.717) is 55.1 Å². The molecule has 1 aromatic heterocycles. The Balaban J connectivity index is 1.35. The number of nitrogens with one attached hydrogen (secondary N) is 1. The number of carbonyl (C=O) groups is 2. The van der Waals surface area contributed by atoms with E-state index in [1.807, 2.05) is 0 Å². The number of hydrogen-bond acceptors (Lipinski definition) is 6. The van der Waals surface area contributed by atoms with E-state index in [1.54, 1.807) is 23.1 Å². The number of aliphatic hydroxyl groups excluding tert-OH is 1. The second kappa shape index (κ2) is 10.1. The van der Waals surface area contributed by atoms with Crippen molar-refractivity contribution in [3.05, 3.63) is 28.6 Å². The van der Waals surface area contributed by atoms with Crippen LogP contribution in [0.25, 0.3) is 10.9 Å². The minimum absolute atomic E-state index is 0.0306. The van der Waals surface area contributed by atoms with E-state index >= 15 is 0 Å². The van der Waals surface area contributed by atoms with Gasteiger partial charge in [-0.15, -0.1) is 0 Å². The topological polar surface area (TPSA) is 114 Å². The molecule has 2 aliphatic rings. The molecule has 0 radical (unpaired) electrons. The van der Waals surface area contributed by atoms with Crippen molar-refractivity contribution in [2.24, 2.45) is 5.92 Å². The monoisotopic (exact) mass is 442 g/mol. The van der Waals surface area contributed by atoms with Gasteiger partial charge in [-0.05, 0) is 37.3 Å². The normalized spacial score (nSPS) is 16.1. The standard InChI is InChI=1S/C23H30N4O5/c28-12-11-26(14-16-6-2-1-3-7-16)20(30)10-5-13-32-18-9-4-8-17-21(18)25-23-24-19(29)15-27(23)22(17)31/h4,8-9,16,28H,1-3,5-7,10-15H2,(H,24,25,29). The number of aliphatic hydroxyl groups is 1. The van der Waals surface area contributed by atoms with Gasteiger partial charge in [0.05, 0.1) is 18.6 Å². The molecule has 2 aromatic rings. The Morgan fingerprint density at radius 1 is 1.25 bits per heavy atom. The molecule has 9 heteroatoms. The molecule has 1 fully saturated rings. The molecule has 0 atom stereocenters. The van der Waals surface area contributed by atoms with Crippen LogP contribution < -0.4 is 15.6 Å². The summed E-state index contributed by atoms with van der Waals surface area (Å²) in [7, 11) is 0. The predicted octanol–water partition coefficient (Wildman–Crippen LogP) is 1.91. The Labute approximate surface area is 186 Å². The van der Waals surface area contributed by atoms with Crippen molar-refractivity contribution in [2.45, 2.75) is 51.5 Å². The number of para-hydroxylation sites is 1. The lowest BCUT2D eigenvalue weighted by molar-refractivity contribution is -0.132. The van der Waals surface area contributed by atoms with Crippen molar-refractivity contribution in [3.63, 3.8) is 0 Å². The summed E-state index contributed by atoms with van der Waals surface area (Å²) < 4.78 is 7.17. The van der Waals surface area contributed by atoms with Crippen LogP contribution >= 0.6 is 0 Å². The molecule has 32 heavy (non-hydrogen) atoms. The second-order valence-corrected chi connectivity index (χ2v) is 8.55. The van der Waals surface area contributed by atoms with Crippen LogP contribution in [-0.4, -0.2) is 57.7 Å². The first-order valence-electron chi connectivity index (χ1n) is 11.4. The smallest absolute Gasteiger partial charge is 0.263 e. The van der Waals surface area contributed by atoms with E-state index in [4.69, 9.17) is 4.74 Å². The van der Waals surface area contributed by atoms with Crippen molar-refractivity contribution in [3.8, 4) is 5.75 Å². The molecule has 9 nitrogen and oxygen atoms in total. The number of carbonyl (C=O) groups excluding carboxylic acids is 2. The molecule has 0 saturated heterocycles. The number of nitrogens with zero attached hydrogens (tertiary/aromatic N) is 3. The predicted molar refractivity (Wildman–Crippen MR) is 120 cm³/mol. The molecular weight excluding hydrogens is 412 g/mol. The van der Waals surface area contributed by atoms with E-state index in [2.05, 4.69) is 10.3 Å². The first kappa shape index (κ1) is 22.3. The lowest BCUT2D eigenvalue weighted by Crippen LogP contribution is -2.38. The minimum Gasteiger partial charge on any atom is -0.491 e. The molecule has 4 rings (SSSR count). The van der Waals surface area contributed by atoms with Gasteiger partial charge in [-0.25, -0.2) is 4.98 Å². The summed E-state index contributed by atoms with van der Waals surface area (Å²) in [6.45, 7) is 1.31. The van der Waals surface area contributed by atoms with E-state index in [9.17, 15) is 19.5 Å². The molecule has 0 unspecified atom stereocenters. The van der Waals surface area contributed by atoms with Crippen LogP contribution in [-0.2, 0) is 16.1 Å². The number of fused-ring (bicyclic) bond motifs is 2. The second-order valence-electron chi connectivity index (χ2n) is 8.55. The third kappa shape index (κ3) is 4.93. The Morgan fingerprint density at radius 2 is 2.06 bits per heavy atom. The molecule has 1 aromatic carbocycles. The van der Waals surface area contributed by atoms with Crippen LogP contribution in [0.2, 0.25) is 0 Å². The molecule has 2 amide bonds. The highest BCUT2D eigenvalue weighted by molar-refractivity contribution is 5.95. The van der Waals surface area contributed by atoms with Crippen molar-refractivity contribution in [2.75, 3.05) is 31.6 Å². The van der Waals surface area contributed by atoms with Crippen molar-refractivity contribution < 1.29 is 19.4 Å². The zero-order valence-corrected chi connectivity index (χ0v) is 18.2. The number of anilines is 1. The molecule has 2 N–H and O–H groups in total. The molecule has 1 aliphatic heterocycles. The van der Waals surface area contributed by atoms with Gasteiger partial charge in [0, 0.05) is 19.5 Å². The summed E-state index contributed by atoms with van der Waals surface area (Å²) in [5.74, 6) is 0.959. The number of rotatable bonds is 9. The SMILES string of the molecule is O=C1Cn2c(nc3c(OCCCC(=O)N(CCO)CC4CCCCC4)cccc3c2=O)N1. The van der Waals surface area contributed by atoms with E-state index in [1.165, 1.54) is 23.8 Å². The van der Waals surface area contributed by atoms with Gasteiger partial charge in [-0.3, -0.25) is 24.3 Å². The largest absolute Gasteiger partial charge is 0.491 e. The maximum atomic E-state index is 12.7. The van der Waals surface area contributed by atoms with Crippen molar-refractivity contribution >= 4 is 28.7 Å². The summed E-state index contributed by atoms with van der Waals surface area (Å²) in [5.41, 5.74) is 0.114. The zero-order valence-electron chi connectivity index (χ0n) is 18.2. The average molecular weight is 443 g/mol. The van der Waals surface area contributed by atoms with Crippen LogP contribution in [0.15, 0.2) is 23.0 Å². The maximum Gasteiger partial charge on any atom is 0.263 e. The molecule has 0 spiro atoms. The fourth-order valence-corrected chi connectivity index (χ4v) is 4.57. The molecule has 0 bridgehead atoms. The summed E-state index contributed by atoms with van der Waals surface area (Å²) in [4.78, 5) is 43.1. The third-order valence-electron chi connectivity index (χ3n) is 6.22. The Hall–Kier alpha value is -2.94. The Morgan fingerprint density at radius 3 is 2.84 bits per heavy atom. The number of ether oxygens (including phenoxy) is 1. The van der Waals surface area contributed by atoms with Gasteiger partial charge in [0.2, 0.25) is 17.8 Å². The Kier molecular flexibility index (Phi) is 7.04. The van der Waals surface area contributed by atoms with Gasteiger partial charge in [0.25, 0.3) is 5.56 Å².